The number of rotatable bonds is 8. The van der Waals surface area contributed by atoms with E-state index in [0.29, 0.717) is 36.7 Å². The Morgan fingerprint density at radius 1 is 1.10 bits per heavy atom. The van der Waals surface area contributed by atoms with Crippen LogP contribution in [0.3, 0.4) is 0 Å². The number of anilines is 2. The van der Waals surface area contributed by atoms with Crippen molar-refractivity contribution in [1.29, 1.82) is 0 Å². The maximum Gasteiger partial charge on any atom is 0.261 e. The molecule has 1 saturated heterocycles. The lowest BCUT2D eigenvalue weighted by atomic mass is 10.1. The maximum atomic E-state index is 12.8. The predicted octanol–water partition coefficient (Wildman–Crippen LogP) is 1.62. The minimum atomic E-state index is -3.73. The predicted molar refractivity (Wildman–Crippen MR) is 118 cm³/mol. The van der Waals surface area contributed by atoms with Crippen LogP contribution in [-0.2, 0) is 14.8 Å². The Balaban J connectivity index is 1.73. The van der Waals surface area contributed by atoms with Crippen LogP contribution in [0.25, 0.3) is 0 Å². The second-order valence-corrected chi connectivity index (χ2v) is 8.94. The van der Waals surface area contributed by atoms with Crippen molar-refractivity contribution in [3.8, 4) is 0 Å². The molecule has 0 atom stereocenters. The molecule has 30 heavy (non-hydrogen) atoms. The number of benzene rings is 2. The second-order valence-electron chi connectivity index (χ2n) is 7.25. The molecule has 0 bridgehead atoms. The molecule has 0 saturated carbocycles. The third-order valence-electron chi connectivity index (χ3n) is 4.85. The van der Waals surface area contributed by atoms with Gasteiger partial charge in [-0.3, -0.25) is 14.4 Å². The van der Waals surface area contributed by atoms with Crippen LogP contribution in [0, 0.1) is 0 Å². The van der Waals surface area contributed by atoms with Gasteiger partial charge < -0.3 is 15.0 Å². The minimum Gasteiger partial charge on any atom is -0.379 e. The topological polar surface area (TPSA) is 91.0 Å². The van der Waals surface area contributed by atoms with Crippen molar-refractivity contribution in [3.63, 3.8) is 0 Å². The highest BCUT2D eigenvalue weighted by atomic mass is 32.2. The van der Waals surface area contributed by atoms with E-state index in [0.717, 1.165) is 19.6 Å². The third-order valence-corrected chi connectivity index (χ3v) is 6.24. The monoisotopic (exact) mass is 432 g/mol. The molecule has 0 unspecified atom stereocenters. The third kappa shape index (κ3) is 5.71. The van der Waals surface area contributed by atoms with Crippen LogP contribution in [0.4, 0.5) is 11.4 Å². The first-order chi connectivity index (χ1) is 14.4. The number of hydrogen-bond donors (Lipinski definition) is 2. The lowest BCUT2D eigenvalue weighted by Crippen LogP contribution is -2.41. The maximum absolute atomic E-state index is 12.8. The van der Waals surface area contributed by atoms with Crippen molar-refractivity contribution in [2.75, 3.05) is 63.1 Å². The van der Waals surface area contributed by atoms with Crippen LogP contribution in [0.2, 0.25) is 0 Å². The van der Waals surface area contributed by atoms with E-state index >= 15 is 0 Å². The van der Waals surface area contributed by atoms with Gasteiger partial charge in [-0.15, -0.1) is 0 Å². The quantitative estimate of drug-likeness (QED) is 0.659. The molecule has 0 aliphatic carbocycles. The molecule has 162 valence electrons. The highest BCUT2D eigenvalue weighted by Crippen LogP contribution is 2.25. The van der Waals surface area contributed by atoms with E-state index in [9.17, 15) is 13.2 Å². The van der Waals surface area contributed by atoms with Crippen LogP contribution in [0.1, 0.15) is 10.4 Å². The number of sulfonamides is 1. The van der Waals surface area contributed by atoms with Gasteiger partial charge in [-0.2, -0.15) is 0 Å². The van der Waals surface area contributed by atoms with E-state index in [1.807, 2.05) is 19.0 Å². The molecule has 2 N–H and O–H groups in total. The molecule has 0 spiro atoms. The average molecular weight is 433 g/mol. The van der Waals surface area contributed by atoms with E-state index in [4.69, 9.17) is 4.74 Å². The van der Waals surface area contributed by atoms with Gasteiger partial charge in [-0.05, 0) is 30.3 Å². The zero-order valence-corrected chi connectivity index (χ0v) is 18.1. The van der Waals surface area contributed by atoms with Gasteiger partial charge in [0, 0.05) is 51.6 Å². The Kier molecular flexibility index (Phi) is 7.30. The Bertz CT molecular complexity index is 958. The van der Waals surface area contributed by atoms with Crippen LogP contribution in [0.5, 0.6) is 0 Å². The summed E-state index contributed by atoms with van der Waals surface area (Å²) in [7, 11) is -0.0523. The van der Waals surface area contributed by atoms with Crippen LogP contribution < -0.4 is 14.9 Å². The number of morpholine rings is 1. The number of amides is 1. The van der Waals surface area contributed by atoms with Crippen molar-refractivity contribution in [2.45, 2.75) is 4.90 Å². The van der Waals surface area contributed by atoms with Gasteiger partial charge in [-0.25, -0.2) is 8.42 Å². The zero-order chi connectivity index (χ0) is 21.6. The minimum absolute atomic E-state index is 0.165. The summed E-state index contributed by atoms with van der Waals surface area (Å²) >= 11 is 0. The van der Waals surface area contributed by atoms with Crippen molar-refractivity contribution in [1.82, 2.24) is 10.2 Å². The fourth-order valence-electron chi connectivity index (χ4n) is 3.23. The summed E-state index contributed by atoms with van der Waals surface area (Å²) in [5.41, 5.74) is 1.46. The summed E-state index contributed by atoms with van der Waals surface area (Å²) in [6.07, 6.45) is 0. The van der Waals surface area contributed by atoms with E-state index in [2.05, 4.69) is 14.9 Å². The van der Waals surface area contributed by atoms with Crippen molar-refractivity contribution >= 4 is 27.3 Å². The Hall–Kier alpha value is -2.62. The molecule has 9 heteroatoms. The Labute approximate surface area is 177 Å². The van der Waals surface area contributed by atoms with E-state index in [-0.39, 0.29) is 10.8 Å². The number of nitrogens with one attached hydrogen (secondary N) is 2. The summed E-state index contributed by atoms with van der Waals surface area (Å²) < 4.78 is 33.1. The molecular weight excluding hydrogens is 404 g/mol. The van der Waals surface area contributed by atoms with Gasteiger partial charge in [0.25, 0.3) is 15.9 Å². The normalized spacial score (nSPS) is 14.9. The van der Waals surface area contributed by atoms with E-state index < -0.39 is 10.0 Å². The fourth-order valence-corrected chi connectivity index (χ4v) is 4.30. The zero-order valence-electron chi connectivity index (χ0n) is 17.3. The second kappa shape index (κ2) is 9.92. The van der Waals surface area contributed by atoms with Crippen molar-refractivity contribution in [3.05, 3.63) is 54.1 Å². The smallest absolute Gasteiger partial charge is 0.261 e. The summed E-state index contributed by atoms with van der Waals surface area (Å²) in [4.78, 5) is 17.1. The van der Waals surface area contributed by atoms with Gasteiger partial charge in [0.1, 0.15) is 0 Å². The van der Waals surface area contributed by atoms with Crippen LogP contribution in [-0.4, -0.2) is 72.7 Å². The molecule has 1 aliphatic rings. The molecule has 0 aromatic heterocycles. The average Bonchev–Trinajstić information content (AvgIpc) is 2.74. The van der Waals surface area contributed by atoms with Crippen LogP contribution >= 0.6 is 0 Å². The number of nitrogens with zero attached hydrogens (tertiary/aromatic N) is 2. The molecule has 2 aromatic rings. The lowest BCUT2D eigenvalue weighted by molar-refractivity contribution is 0.0383. The first-order valence-corrected chi connectivity index (χ1v) is 11.3. The molecule has 1 aliphatic heterocycles. The molecule has 1 heterocycles. The number of carbonyl (C=O) groups excluding carboxylic acids is 1. The Morgan fingerprint density at radius 3 is 2.47 bits per heavy atom. The SMILES string of the molecule is CN(C)c1ccc(NS(=O)(=O)c2ccccc2)cc1C(=O)NCCN1CCOCC1. The lowest BCUT2D eigenvalue weighted by Gasteiger charge is -2.26. The van der Waals surface area contributed by atoms with Gasteiger partial charge in [-0.1, -0.05) is 18.2 Å². The van der Waals surface area contributed by atoms with Crippen molar-refractivity contribution in [2.24, 2.45) is 0 Å². The molecule has 3 rings (SSSR count). The summed E-state index contributed by atoms with van der Waals surface area (Å²) in [6, 6.07) is 13.1. The molecule has 0 radical (unpaired) electrons. The number of ether oxygens (including phenoxy) is 1. The summed E-state index contributed by atoms with van der Waals surface area (Å²) in [6.45, 7) is 4.38. The molecule has 2 aromatic carbocycles. The standard InChI is InChI=1S/C21H28N4O4S/c1-24(2)20-9-8-17(23-30(27,28)18-6-4-3-5-7-18)16-19(20)21(26)22-10-11-25-12-14-29-15-13-25/h3-9,16,23H,10-15H2,1-2H3,(H,22,26). The fraction of sp³-hybridized carbons (Fsp3) is 0.381. The first-order valence-electron chi connectivity index (χ1n) is 9.84. The Morgan fingerprint density at radius 2 is 1.80 bits per heavy atom. The number of carbonyl (C=O) groups is 1. The van der Waals surface area contributed by atoms with E-state index in [1.54, 1.807) is 36.4 Å². The summed E-state index contributed by atoms with van der Waals surface area (Å²) in [5.74, 6) is -0.243. The van der Waals surface area contributed by atoms with Crippen molar-refractivity contribution < 1.29 is 17.9 Å². The largest absolute Gasteiger partial charge is 0.379 e. The van der Waals surface area contributed by atoms with Gasteiger partial charge in [0.2, 0.25) is 0 Å². The van der Waals surface area contributed by atoms with Crippen LogP contribution in [0.15, 0.2) is 53.4 Å². The molecule has 1 fully saturated rings. The highest BCUT2D eigenvalue weighted by Gasteiger charge is 2.18. The number of hydrogen-bond acceptors (Lipinski definition) is 6. The van der Waals surface area contributed by atoms with E-state index in [1.165, 1.54) is 12.1 Å². The van der Waals surface area contributed by atoms with Gasteiger partial charge in [0.05, 0.1) is 23.7 Å². The summed E-state index contributed by atoms with van der Waals surface area (Å²) in [5, 5.41) is 2.94. The first kappa shape index (κ1) is 22.1. The molecular formula is C21H28N4O4S. The van der Waals surface area contributed by atoms with Gasteiger partial charge >= 0.3 is 0 Å². The highest BCUT2D eigenvalue weighted by molar-refractivity contribution is 7.92. The molecule has 1 amide bonds. The molecule has 8 nitrogen and oxygen atoms in total. The van der Waals surface area contributed by atoms with Gasteiger partial charge in [0.15, 0.2) is 0 Å².